The number of carbonyl (C=O) groups excluding carboxylic acids is 1. The van der Waals surface area contributed by atoms with Crippen molar-refractivity contribution in [3.05, 3.63) is 42.1 Å². The van der Waals surface area contributed by atoms with Crippen molar-refractivity contribution in [3.63, 3.8) is 0 Å². The molecule has 112 valence electrons. The molecule has 1 amide bonds. The van der Waals surface area contributed by atoms with E-state index in [1.54, 1.807) is 12.3 Å². The summed E-state index contributed by atoms with van der Waals surface area (Å²) in [6, 6.07) is 9.64. The number of aromatic nitrogens is 2. The van der Waals surface area contributed by atoms with E-state index in [1.165, 1.54) is 0 Å². The minimum atomic E-state index is -0.194. The monoisotopic (exact) mass is 287 g/mol. The number of ether oxygens (including phenoxy) is 1. The molecule has 21 heavy (non-hydrogen) atoms. The summed E-state index contributed by atoms with van der Waals surface area (Å²) in [6.07, 6.45) is 2.63. The van der Waals surface area contributed by atoms with Crippen LogP contribution >= 0.6 is 0 Å². The molecule has 0 aliphatic carbocycles. The van der Waals surface area contributed by atoms with Gasteiger partial charge in [0.1, 0.15) is 11.6 Å². The van der Waals surface area contributed by atoms with E-state index < -0.39 is 0 Å². The van der Waals surface area contributed by atoms with Crippen molar-refractivity contribution >= 4 is 11.7 Å². The van der Waals surface area contributed by atoms with E-state index in [4.69, 9.17) is 4.74 Å². The molecule has 5 heteroatoms. The molecule has 1 atom stereocenters. The summed E-state index contributed by atoms with van der Waals surface area (Å²) in [5.74, 6) is 1.19. The molecule has 2 aromatic rings. The zero-order valence-corrected chi connectivity index (χ0v) is 12.7. The normalized spacial score (nSPS) is 12.0. The second-order valence-corrected chi connectivity index (χ2v) is 5.07. The molecule has 0 aliphatic rings. The number of carbonyl (C=O) groups is 1. The third-order valence-corrected chi connectivity index (χ3v) is 3.34. The summed E-state index contributed by atoms with van der Waals surface area (Å²) in [5, 5.41) is 7.05. The van der Waals surface area contributed by atoms with Gasteiger partial charge in [-0.15, -0.1) is 0 Å². The highest BCUT2D eigenvalue weighted by Gasteiger charge is 2.11. The molecular formula is C16H21N3O2. The van der Waals surface area contributed by atoms with Gasteiger partial charge in [0.05, 0.1) is 12.2 Å². The summed E-state index contributed by atoms with van der Waals surface area (Å²) < 4.78 is 7.27. The molecule has 0 fully saturated rings. The Kier molecular flexibility index (Phi) is 4.98. The van der Waals surface area contributed by atoms with E-state index in [9.17, 15) is 4.79 Å². The fourth-order valence-electron chi connectivity index (χ4n) is 1.90. The van der Waals surface area contributed by atoms with Gasteiger partial charge >= 0.3 is 0 Å². The van der Waals surface area contributed by atoms with Crippen molar-refractivity contribution in [1.29, 1.82) is 0 Å². The highest BCUT2D eigenvalue weighted by molar-refractivity contribution is 5.91. The van der Waals surface area contributed by atoms with Crippen LogP contribution in [0.3, 0.4) is 0 Å². The number of benzene rings is 1. The largest absolute Gasteiger partial charge is 0.484 e. The third-order valence-electron chi connectivity index (χ3n) is 3.34. The Hall–Kier alpha value is -2.30. The van der Waals surface area contributed by atoms with E-state index in [0.717, 1.165) is 12.0 Å². The molecule has 0 bridgehead atoms. The molecule has 0 saturated heterocycles. The van der Waals surface area contributed by atoms with Crippen molar-refractivity contribution in [2.24, 2.45) is 0 Å². The van der Waals surface area contributed by atoms with Gasteiger partial charge < -0.3 is 10.1 Å². The van der Waals surface area contributed by atoms with Gasteiger partial charge in [-0.3, -0.25) is 4.79 Å². The van der Waals surface area contributed by atoms with Crippen LogP contribution in [0.15, 0.2) is 36.5 Å². The number of hydrogen-bond donors (Lipinski definition) is 1. The van der Waals surface area contributed by atoms with E-state index in [1.807, 2.05) is 35.9 Å². The van der Waals surface area contributed by atoms with E-state index in [0.29, 0.717) is 11.6 Å². The van der Waals surface area contributed by atoms with Gasteiger partial charge in [0, 0.05) is 6.07 Å². The smallest absolute Gasteiger partial charge is 0.263 e. The van der Waals surface area contributed by atoms with Crippen molar-refractivity contribution in [3.8, 4) is 5.75 Å². The summed E-state index contributed by atoms with van der Waals surface area (Å²) in [6.45, 7) is 6.13. The Bertz CT molecular complexity index is 590. The van der Waals surface area contributed by atoms with Crippen LogP contribution < -0.4 is 10.1 Å². The highest BCUT2D eigenvalue weighted by Crippen LogP contribution is 2.16. The first-order valence-corrected chi connectivity index (χ1v) is 7.13. The zero-order valence-electron chi connectivity index (χ0n) is 12.7. The first-order chi connectivity index (χ1) is 10.1. The molecule has 0 radical (unpaired) electrons. The fourth-order valence-corrected chi connectivity index (χ4v) is 1.90. The minimum Gasteiger partial charge on any atom is -0.484 e. The Morgan fingerprint density at radius 1 is 1.33 bits per heavy atom. The van der Waals surface area contributed by atoms with Crippen LogP contribution in [-0.4, -0.2) is 22.3 Å². The molecule has 1 heterocycles. The Balaban J connectivity index is 1.90. The molecule has 0 aliphatic heterocycles. The number of amides is 1. The summed E-state index contributed by atoms with van der Waals surface area (Å²) >= 11 is 0. The van der Waals surface area contributed by atoms with Crippen LogP contribution in [0.1, 0.15) is 31.9 Å². The SMILES string of the molecule is CCC(C)n1nccc1NC(=O)COc1ccc(C)cc1. The summed E-state index contributed by atoms with van der Waals surface area (Å²) in [5.41, 5.74) is 1.16. The zero-order chi connectivity index (χ0) is 15.2. The lowest BCUT2D eigenvalue weighted by Gasteiger charge is -2.14. The maximum Gasteiger partial charge on any atom is 0.263 e. The maximum absolute atomic E-state index is 11.9. The molecule has 1 aromatic carbocycles. The lowest BCUT2D eigenvalue weighted by atomic mass is 10.2. The number of hydrogen-bond acceptors (Lipinski definition) is 3. The average molecular weight is 287 g/mol. The second-order valence-electron chi connectivity index (χ2n) is 5.07. The first-order valence-electron chi connectivity index (χ1n) is 7.13. The van der Waals surface area contributed by atoms with Crippen molar-refractivity contribution in [2.45, 2.75) is 33.2 Å². The standard InChI is InChI=1S/C16H21N3O2/c1-4-13(3)19-15(9-10-17-19)18-16(20)11-21-14-7-5-12(2)6-8-14/h5-10,13H,4,11H2,1-3H3,(H,18,20). The molecule has 0 saturated carbocycles. The second kappa shape index (κ2) is 6.92. The van der Waals surface area contributed by atoms with Crippen LogP contribution in [0.25, 0.3) is 0 Å². The van der Waals surface area contributed by atoms with E-state index in [-0.39, 0.29) is 18.6 Å². The Morgan fingerprint density at radius 3 is 2.71 bits per heavy atom. The molecule has 5 nitrogen and oxygen atoms in total. The summed E-state index contributed by atoms with van der Waals surface area (Å²) in [7, 11) is 0. The predicted molar refractivity (Wildman–Crippen MR) is 82.5 cm³/mol. The van der Waals surface area contributed by atoms with Crippen LogP contribution in [0, 0.1) is 6.92 Å². The number of anilines is 1. The molecular weight excluding hydrogens is 266 g/mol. The minimum absolute atomic E-state index is 0.0191. The average Bonchev–Trinajstić information content (AvgIpc) is 2.94. The number of nitrogens with one attached hydrogen (secondary N) is 1. The predicted octanol–water partition coefficient (Wildman–Crippen LogP) is 3.18. The lowest BCUT2D eigenvalue weighted by molar-refractivity contribution is -0.118. The Morgan fingerprint density at radius 2 is 2.05 bits per heavy atom. The van der Waals surface area contributed by atoms with Gasteiger partial charge in [0.15, 0.2) is 6.61 Å². The molecule has 0 spiro atoms. The number of rotatable bonds is 6. The highest BCUT2D eigenvalue weighted by atomic mass is 16.5. The van der Waals surface area contributed by atoms with Gasteiger partial charge in [0.25, 0.3) is 5.91 Å². The first kappa shape index (κ1) is 15.1. The van der Waals surface area contributed by atoms with Crippen molar-refractivity contribution in [2.75, 3.05) is 11.9 Å². The number of nitrogens with zero attached hydrogens (tertiary/aromatic N) is 2. The number of aryl methyl sites for hydroxylation is 1. The maximum atomic E-state index is 11.9. The van der Waals surface area contributed by atoms with Crippen LogP contribution in [0.4, 0.5) is 5.82 Å². The molecule has 2 rings (SSSR count). The Labute approximate surface area is 124 Å². The summed E-state index contributed by atoms with van der Waals surface area (Å²) in [4.78, 5) is 11.9. The van der Waals surface area contributed by atoms with Gasteiger partial charge in [-0.2, -0.15) is 5.10 Å². The van der Waals surface area contributed by atoms with Crippen molar-refractivity contribution in [1.82, 2.24) is 9.78 Å². The quantitative estimate of drug-likeness (QED) is 0.887. The topological polar surface area (TPSA) is 56.2 Å². The fraction of sp³-hybridized carbons (Fsp3) is 0.375. The van der Waals surface area contributed by atoms with E-state index in [2.05, 4.69) is 24.3 Å². The molecule has 1 N–H and O–H groups in total. The van der Waals surface area contributed by atoms with E-state index >= 15 is 0 Å². The van der Waals surface area contributed by atoms with Gasteiger partial charge in [-0.25, -0.2) is 4.68 Å². The van der Waals surface area contributed by atoms with Crippen molar-refractivity contribution < 1.29 is 9.53 Å². The molecule has 1 aromatic heterocycles. The van der Waals surface area contributed by atoms with Gasteiger partial charge in [-0.05, 0) is 32.4 Å². The molecule has 1 unspecified atom stereocenters. The van der Waals surface area contributed by atoms with Gasteiger partial charge in [0.2, 0.25) is 0 Å². The van der Waals surface area contributed by atoms with Crippen LogP contribution in [0.5, 0.6) is 5.75 Å². The third kappa shape index (κ3) is 4.08. The van der Waals surface area contributed by atoms with Gasteiger partial charge in [-0.1, -0.05) is 24.6 Å². The van der Waals surface area contributed by atoms with Crippen LogP contribution in [-0.2, 0) is 4.79 Å². The lowest BCUT2D eigenvalue weighted by Crippen LogP contribution is -2.22. The van der Waals surface area contributed by atoms with Crippen LogP contribution in [0.2, 0.25) is 0 Å².